The molecule has 41 heavy (non-hydrogen) atoms. The Bertz CT molecular complexity index is 1820. The van der Waals surface area contributed by atoms with Gasteiger partial charge in [-0.25, -0.2) is 0 Å². The highest BCUT2D eigenvalue weighted by Crippen LogP contribution is 2.45. The fourth-order valence-corrected chi connectivity index (χ4v) is 5.60. The van der Waals surface area contributed by atoms with Gasteiger partial charge in [0.25, 0.3) is 11.7 Å². The summed E-state index contributed by atoms with van der Waals surface area (Å²) in [6.07, 6.45) is 0. The molecule has 1 unspecified atom stereocenters. The lowest BCUT2D eigenvalue weighted by Gasteiger charge is -2.26. The number of Topliss-reactive ketones (excluding diaryl/α,β-unsaturated/α-hetero) is 1. The summed E-state index contributed by atoms with van der Waals surface area (Å²) >= 11 is 6.13. The number of nitrogens with one attached hydrogen (secondary N) is 1. The summed E-state index contributed by atoms with van der Waals surface area (Å²) in [5.74, 6) is -1.06. The van der Waals surface area contributed by atoms with E-state index in [0.29, 0.717) is 28.6 Å². The molecule has 4 aromatic carbocycles. The van der Waals surface area contributed by atoms with Gasteiger partial charge in [-0.1, -0.05) is 60.1 Å². The molecular formula is C34H27ClN2O4. The lowest BCUT2D eigenvalue weighted by Crippen LogP contribution is -2.29. The van der Waals surface area contributed by atoms with Gasteiger partial charge in [0.05, 0.1) is 11.6 Å². The molecule has 6 rings (SSSR count). The van der Waals surface area contributed by atoms with Crippen LogP contribution in [-0.4, -0.2) is 21.8 Å². The van der Waals surface area contributed by atoms with Crippen molar-refractivity contribution >= 4 is 45.6 Å². The van der Waals surface area contributed by atoms with Crippen LogP contribution >= 0.6 is 11.6 Å². The normalized spacial score (nSPS) is 16.5. The van der Waals surface area contributed by atoms with Gasteiger partial charge < -0.3 is 14.8 Å². The predicted octanol–water partition coefficient (Wildman–Crippen LogP) is 7.64. The zero-order valence-electron chi connectivity index (χ0n) is 22.5. The second-order valence-corrected chi connectivity index (χ2v) is 10.5. The zero-order valence-corrected chi connectivity index (χ0v) is 23.3. The highest BCUT2D eigenvalue weighted by Gasteiger charge is 2.48. The van der Waals surface area contributed by atoms with Crippen LogP contribution in [0.25, 0.3) is 16.7 Å². The number of benzene rings is 4. The number of ketones is 1. The van der Waals surface area contributed by atoms with E-state index in [1.165, 1.54) is 4.90 Å². The number of halogens is 1. The van der Waals surface area contributed by atoms with Crippen LogP contribution in [0.5, 0.6) is 5.75 Å². The van der Waals surface area contributed by atoms with Gasteiger partial charge in [-0.05, 0) is 73.5 Å². The molecule has 0 saturated carbocycles. The number of rotatable bonds is 6. The molecule has 5 aromatic rings. The largest absolute Gasteiger partial charge is 0.507 e. The van der Waals surface area contributed by atoms with E-state index < -0.39 is 17.7 Å². The van der Waals surface area contributed by atoms with Crippen molar-refractivity contribution in [3.05, 3.63) is 136 Å². The maximum absolute atomic E-state index is 13.7. The first kappa shape index (κ1) is 26.4. The molecule has 0 radical (unpaired) electrons. The third kappa shape index (κ3) is 4.77. The van der Waals surface area contributed by atoms with Crippen LogP contribution in [0.15, 0.2) is 103 Å². The number of para-hydroxylation sites is 1. The van der Waals surface area contributed by atoms with Crippen molar-refractivity contribution in [3.8, 4) is 5.75 Å². The fourth-order valence-electron chi connectivity index (χ4n) is 5.47. The Morgan fingerprint density at radius 3 is 2.37 bits per heavy atom. The Kier molecular flexibility index (Phi) is 6.85. The molecule has 1 aromatic heterocycles. The molecule has 1 aliphatic heterocycles. The lowest BCUT2D eigenvalue weighted by atomic mass is 9.92. The smallest absolute Gasteiger partial charge is 0.300 e. The molecule has 1 aliphatic rings. The minimum Gasteiger partial charge on any atom is -0.507 e. The average molecular weight is 563 g/mol. The second-order valence-electron chi connectivity index (χ2n) is 10.1. The van der Waals surface area contributed by atoms with E-state index in [0.717, 1.165) is 33.3 Å². The van der Waals surface area contributed by atoms with Gasteiger partial charge in [-0.2, -0.15) is 0 Å². The summed E-state index contributed by atoms with van der Waals surface area (Å²) in [4.78, 5) is 32.1. The van der Waals surface area contributed by atoms with E-state index in [9.17, 15) is 14.7 Å². The SMILES string of the molecule is Cc1cc(/C(O)=C2\C(=O)C(=O)N(c3ccc(Cl)cc3)C2c2c(C)[nH]c3ccccc23)ccc1OCc1ccccc1. The van der Waals surface area contributed by atoms with Gasteiger partial charge in [-0.3, -0.25) is 14.5 Å². The van der Waals surface area contributed by atoms with Gasteiger partial charge in [0, 0.05) is 38.4 Å². The number of H-pyrrole nitrogens is 1. The number of aliphatic hydroxyl groups excluding tert-OH is 1. The minimum absolute atomic E-state index is 0.0233. The van der Waals surface area contributed by atoms with Gasteiger partial charge in [0.1, 0.15) is 18.1 Å². The summed E-state index contributed by atoms with van der Waals surface area (Å²) < 4.78 is 6.01. The zero-order chi connectivity index (χ0) is 28.7. The maximum Gasteiger partial charge on any atom is 0.300 e. The molecule has 1 saturated heterocycles. The van der Waals surface area contributed by atoms with Crippen LogP contribution in [-0.2, 0) is 16.2 Å². The monoisotopic (exact) mass is 562 g/mol. The number of nitrogens with zero attached hydrogens (tertiary/aromatic N) is 1. The van der Waals surface area contributed by atoms with E-state index in [1.807, 2.05) is 68.4 Å². The molecule has 1 atom stereocenters. The standard InChI is InChI=1S/C34H27ClN2O4/c1-20-18-23(12-17-28(20)41-19-22-8-4-3-5-9-22)32(38)30-31(29-21(2)36-27-11-7-6-10-26(27)29)37(34(40)33(30)39)25-15-13-24(35)14-16-25/h3-18,31,36,38H,19H2,1-2H3/b32-30+. The first-order chi connectivity index (χ1) is 19.8. The number of amides is 1. The minimum atomic E-state index is -0.860. The topological polar surface area (TPSA) is 82.6 Å². The third-order valence-corrected chi connectivity index (χ3v) is 7.70. The summed E-state index contributed by atoms with van der Waals surface area (Å²) in [7, 11) is 0. The molecule has 2 N–H and O–H groups in total. The van der Waals surface area contributed by atoms with Gasteiger partial charge in [0.15, 0.2) is 0 Å². The van der Waals surface area contributed by atoms with Gasteiger partial charge >= 0.3 is 0 Å². The number of carbonyl (C=O) groups is 2. The van der Waals surface area contributed by atoms with Gasteiger partial charge in [-0.15, -0.1) is 0 Å². The number of aryl methyl sites for hydroxylation is 2. The molecule has 6 nitrogen and oxygen atoms in total. The number of fused-ring (bicyclic) bond motifs is 1. The molecule has 204 valence electrons. The van der Waals surface area contributed by atoms with Crippen LogP contribution in [0.2, 0.25) is 5.02 Å². The number of aliphatic hydroxyl groups is 1. The van der Waals surface area contributed by atoms with E-state index in [1.54, 1.807) is 42.5 Å². The Morgan fingerprint density at radius 1 is 0.927 bits per heavy atom. The van der Waals surface area contributed by atoms with E-state index in [4.69, 9.17) is 16.3 Å². The number of anilines is 1. The molecule has 1 fully saturated rings. The van der Waals surface area contributed by atoms with Crippen LogP contribution < -0.4 is 9.64 Å². The van der Waals surface area contributed by atoms with Crippen LogP contribution in [0.1, 0.15) is 34.0 Å². The van der Waals surface area contributed by atoms with E-state index in [-0.39, 0.29) is 11.3 Å². The number of hydrogen-bond donors (Lipinski definition) is 2. The average Bonchev–Trinajstić information content (AvgIpc) is 3.44. The Hall–Kier alpha value is -4.81. The lowest BCUT2D eigenvalue weighted by molar-refractivity contribution is -0.132. The Balaban J connectivity index is 1.47. The van der Waals surface area contributed by atoms with Crippen molar-refractivity contribution < 1.29 is 19.4 Å². The predicted molar refractivity (Wildman–Crippen MR) is 161 cm³/mol. The maximum atomic E-state index is 13.7. The summed E-state index contributed by atoms with van der Waals surface area (Å²) in [6, 6.07) is 28.7. The molecule has 7 heteroatoms. The summed E-state index contributed by atoms with van der Waals surface area (Å²) in [5.41, 5.74) is 5.19. The summed E-state index contributed by atoms with van der Waals surface area (Å²) in [6.45, 7) is 4.18. The quantitative estimate of drug-likeness (QED) is 0.126. The van der Waals surface area contributed by atoms with E-state index >= 15 is 0 Å². The molecule has 0 bridgehead atoms. The van der Waals surface area contributed by atoms with Crippen molar-refractivity contribution in [2.24, 2.45) is 0 Å². The van der Waals surface area contributed by atoms with Crippen LogP contribution in [0, 0.1) is 13.8 Å². The molecule has 0 spiro atoms. The highest BCUT2D eigenvalue weighted by atomic mass is 35.5. The van der Waals surface area contributed by atoms with Crippen molar-refractivity contribution in [1.82, 2.24) is 4.98 Å². The summed E-state index contributed by atoms with van der Waals surface area (Å²) in [5, 5.41) is 13.1. The molecule has 0 aliphatic carbocycles. The number of aromatic nitrogens is 1. The molecule has 2 heterocycles. The van der Waals surface area contributed by atoms with Crippen molar-refractivity contribution in [2.45, 2.75) is 26.5 Å². The molecular weight excluding hydrogens is 536 g/mol. The van der Waals surface area contributed by atoms with Crippen molar-refractivity contribution in [2.75, 3.05) is 4.90 Å². The van der Waals surface area contributed by atoms with Crippen LogP contribution in [0.4, 0.5) is 5.69 Å². The Labute approximate surface area is 242 Å². The van der Waals surface area contributed by atoms with Crippen molar-refractivity contribution in [1.29, 1.82) is 0 Å². The number of carbonyl (C=O) groups excluding carboxylic acids is 2. The number of aromatic amines is 1. The number of hydrogen-bond acceptors (Lipinski definition) is 4. The Morgan fingerprint density at radius 2 is 1.63 bits per heavy atom. The first-order valence-corrected chi connectivity index (χ1v) is 13.6. The van der Waals surface area contributed by atoms with Crippen LogP contribution in [0.3, 0.4) is 0 Å². The van der Waals surface area contributed by atoms with Gasteiger partial charge in [0.2, 0.25) is 0 Å². The fraction of sp³-hybridized carbons (Fsp3) is 0.118. The first-order valence-electron chi connectivity index (χ1n) is 13.2. The third-order valence-electron chi connectivity index (χ3n) is 7.45. The number of ether oxygens (including phenoxy) is 1. The second kappa shape index (κ2) is 10.6. The van der Waals surface area contributed by atoms with Crippen molar-refractivity contribution in [3.63, 3.8) is 0 Å². The highest BCUT2D eigenvalue weighted by molar-refractivity contribution is 6.52. The van der Waals surface area contributed by atoms with E-state index in [2.05, 4.69) is 4.98 Å². The molecule has 1 amide bonds.